The van der Waals surface area contributed by atoms with E-state index in [1.54, 1.807) is 17.9 Å². The van der Waals surface area contributed by atoms with Gasteiger partial charge in [-0.1, -0.05) is 18.2 Å². The van der Waals surface area contributed by atoms with Gasteiger partial charge >= 0.3 is 0 Å². The van der Waals surface area contributed by atoms with E-state index in [2.05, 4.69) is 21.8 Å². The first kappa shape index (κ1) is 27.8. The summed E-state index contributed by atoms with van der Waals surface area (Å²) in [5.41, 5.74) is 3.01. The Kier molecular flexibility index (Phi) is 8.22. The third kappa shape index (κ3) is 5.61. The molecule has 1 aliphatic rings. The van der Waals surface area contributed by atoms with Gasteiger partial charge in [0.1, 0.15) is 12.4 Å². The zero-order valence-electron chi connectivity index (χ0n) is 22.3. The van der Waals surface area contributed by atoms with Gasteiger partial charge in [0.05, 0.1) is 31.3 Å². The quantitative estimate of drug-likeness (QED) is 0.391. The van der Waals surface area contributed by atoms with Crippen molar-refractivity contribution in [2.24, 2.45) is 5.92 Å². The summed E-state index contributed by atoms with van der Waals surface area (Å²) in [6, 6.07) is 9.49. The minimum absolute atomic E-state index is 0.0169. The van der Waals surface area contributed by atoms with Gasteiger partial charge in [-0.3, -0.25) is 14.5 Å². The standard InChI is InChI=1S/C28H36F2N4O4/c1-17-13-24(38-4)22(26(36)32-17)14-31-27(37)25-19(3)34(23-8-6-5-7-21(23)25)18(2)20-9-11-33(12-10-20)15-28(29,30)16-35/h5-8,13,18,20,35H,9-12,14-16H2,1-4H3,(H,31,37)(H,32,36). The zero-order chi connectivity index (χ0) is 27.6. The number of rotatable bonds is 9. The van der Waals surface area contributed by atoms with Gasteiger partial charge in [-0.15, -0.1) is 0 Å². The van der Waals surface area contributed by atoms with E-state index in [1.165, 1.54) is 7.11 Å². The van der Waals surface area contributed by atoms with Crippen molar-refractivity contribution in [1.29, 1.82) is 0 Å². The van der Waals surface area contributed by atoms with E-state index in [1.807, 2.05) is 31.2 Å². The lowest BCUT2D eigenvalue weighted by Crippen LogP contribution is -2.44. The third-order valence-corrected chi connectivity index (χ3v) is 7.67. The fourth-order valence-electron chi connectivity index (χ4n) is 5.68. The highest BCUT2D eigenvalue weighted by atomic mass is 19.3. The highest BCUT2D eigenvalue weighted by Crippen LogP contribution is 2.36. The number of aliphatic hydroxyl groups excluding tert-OH is 1. The number of likely N-dealkylation sites (tertiary alicyclic amines) is 1. The first-order chi connectivity index (χ1) is 18.1. The number of fused-ring (bicyclic) bond motifs is 1. The number of aryl methyl sites for hydroxylation is 1. The minimum Gasteiger partial charge on any atom is -0.496 e. The Balaban J connectivity index is 1.56. The SMILES string of the molecule is COc1cc(C)[nH]c(=O)c1CNC(=O)c1c(C)n(C(C)C2CCN(CC(F)(F)CO)CC2)c2ccccc12. The number of aliphatic hydroxyl groups is 1. The average molecular weight is 531 g/mol. The number of methoxy groups -OCH3 is 1. The Bertz CT molecular complexity index is 1360. The number of aromatic amines is 1. The zero-order valence-corrected chi connectivity index (χ0v) is 22.3. The summed E-state index contributed by atoms with van der Waals surface area (Å²) in [6.07, 6.45) is 1.48. The molecular weight excluding hydrogens is 494 g/mol. The van der Waals surface area contributed by atoms with Gasteiger partial charge in [0.2, 0.25) is 0 Å². The molecule has 1 unspecified atom stereocenters. The first-order valence-electron chi connectivity index (χ1n) is 12.9. The number of carbonyl (C=O) groups is 1. The lowest BCUT2D eigenvalue weighted by Gasteiger charge is -2.37. The number of nitrogens with one attached hydrogen (secondary N) is 2. The molecule has 10 heteroatoms. The van der Waals surface area contributed by atoms with Crippen molar-refractivity contribution < 1.29 is 23.4 Å². The molecule has 1 aliphatic heterocycles. The summed E-state index contributed by atoms with van der Waals surface area (Å²) in [5, 5.41) is 12.6. The van der Waals surface area contributed by atoms with Crippen molar-refractivity contribution in [3.05, 3.63) is 63.2 Å². The van der Waals surface area contributed by atoms with Gasteiger partial charge in [0.25, 0.3) is 17.4 Å². The number of hydrogen-bond acceptors (Lipinski definition) is 5. The van der Waals surface area contributed by atoms with Gasteiger partial charge in [0.15, 0.2) is 0 Å². The van der Waals surface area contributed by atoms with E-state index < -0.39 is 19.1 Å². The number of H-pyrrole nitrogens is 1. The molecule has 3 heterocycles. The molecule has 4 rings (SSSR count). The molecule has 1 aromatic carbocycles. The van der Waals surface area contributed by atoms with Crippen molar-refractivity contribution in [2.75, 3.05) is 33.4 Å². The molecule has 2 aromatic heterocycles. The van der Waals surface area contributed by atoms with Gasteiger partial charge in [0, 0.05) is 28.3 Å². The number of benzene rings is 1. The molecule has 3 aromatic rings. The van der Waals surface area contributed by atoms with Crippen molar-refractivity contribution >= 4 is 16.8 Å². The molecule has 1 amide bonds. The van der Waals surface area contributed by atoms with Crippen LogP contribution in [0.1, 0.15) is 53.1 Å². The fourth-order valence-corrected chi connectivity index (χ4v) is 5.68. The number of alkyl halides is 2. The molecule has 0 bridgehead atoms. The van der Waals surface area contributed by atoms with Crippen LogP contribution in [0.15, 0.2) is 35.1 Å². The lowest BCUT2D eigenvalue weighted by molar-refractivity contribution is -0.0777. The molecule has 8 nitrogen and oxygen atoms in total. The summed E-state index contributed by atoms with van der Waals surface area (Å²) in [7, 11) is 1.49. The maximum absolute atomic E-state index is 13.7. The number of ether oxygens (including phenoxy) is 1. The smallest absolute Gasteiger partial charge is 0.283 e. The molecule has 0 aliphatic carbocycles. The van der Waals surface area contributed by atoms with Gasteiger partial charge < -0.3 is 24.7 Å². The molecule has 0 radical (unpaired) electrons. The number of amides is 1. The van der Waals surface area contributed by atoms with Crippen LogP contribution in [0.5, 0.6) is 5.75 Å². The van der Waals surface area contributed by atoms with E-state index in [4.69, 9.17) is 9.84 Å². The minimum atomic E-state index is -3.10. The normalized spacial score (nSPS) is 16.1. The van der Waals surface area contributed by atoms with Crippen LogP contribution in [0.25, 0.3) is 10.9 Å². The molecule has 0 spiro atoms. The van der Waals surface area contributed by atoms with Gasteiger partial charge in [-0.25, -0.2) is 8.78 Å². The summed E-state index contributed by atoms with van der Waals surface area (Å²) in [5.74, 6) is -2.72. The van der Waals surface area contributed by atoms with Crippen LogP contribution in [0.2, 0.25) is 0 Å². The fraction of sp³-hybridized carbons (Fsp3) is 0.500. The number of piperidine rings is 1. The van der Waals surface area contributed by atoms with Crippen LogP contribution in [-0.4, -0.2) is 64.7 Å². The molecule has 1 atom stereocenters. The lowest BCUT2D eigenvalue weighted by atomic mass is 9.89. The number of aromatic nitrogens is 2. The van der Waals surface area contributed by atoms with Gasteiger partial charge in [-0.05, 0) is 64.8 Å². The summed E-state index contributed by atoms with van der Waals surface area (Å²) < 4.78 is 34.8. The van der Waals surface area contributed by atoms with Crippen LogP contribution in [0.4, 0.5) is 8.78 Å². The molecule has 1 fully saturated rings. The summed E-state index contributed by atoms with van der Waals surface area (Å²) in [4.78, 5) is 30.4. The molecule has 3 N–H and O–H groups in total. The maximum atomic E-state index is 13.7. The molecule has 206 valence electrons. The monoisotopic (exact) mass is 530 g/mol. The topological polar surface area (TPSA) is 99.6 Å². The number of carbonyl (C=O) groups excluding carboxylic acids is 1. The second kappa shape index (κ2) is 11.2. The second-order valence-electron chi connectivity index (χ2n) is 10.2. The van der Waals surface area contributed by atoms with E-state index in [0.29, 0.717) is 35.7 Å². The second-order valence-corrected chi connectivity index (χ2v) is 10.2. The Morgan fingerprint density at radius 3 is 2.61 bits per heavy atom. The van der Waals surface area contributed by atoms with E-state index in [-0.39, 0.29) is 30.0 Å². The third-order valence-electron chi connectivity index (χ3n) is 7.67. The number of pyridine rings is 1. The number of nitrogens with zero attached hydrogens (tertiary/aromatic N) is 2. The predicted octanol–water partition coefficient (Wildman–Crippen LogP) is 3.79. The van der Waals surface area contributed by atoms with Crippen molar-refractivity contribution in [1.82, 2.24) is 19.8 Å². The maximum Gasteiger partial charge on any atom is 0.283 e. The van der Waals surface area contributed by atoms with Crippen LogP contribution >= 0.6 is 0 Å². The Morgan fingerprint density at radius 2 is 1.95 bits per heavy atom. The van der Waals surface area contributed by atoms with E-state index >= 15 is 0 Å². The van der Waals surface area contributed by atoms with Crippen LogP contribution < -0.4 is 15.6 Å². The molecule has 0 saturated carbocycles. The summed E-state index contributed by atoms with van der Waals surface area (Å²) >= 11 is 0. The van der Waals surface area contributed by atoms with Crippen molar-refractivity contribution in [2.45, 2.75) is 52.1 Å². The Labute approximate surface area is 220 Å². The number of halogens is 2. The Morgan fingerprint density at radius 1 is 1.26 bits per heavy atom. The largest absolute Gasteiger partial charge is 0.496 e. The predicted molar refractivity (Wildman–Crippen MR) is 142 cm³/mol. The summed E-state index contributed by atoms with van der Waals surface area (Å²) in [6.45, 7) is 5.29. The van der Waals surface area contributed by atoms with Crippen molar-refractivity contribution in [3.8, 4) is 5.75 Å². The van der Waals surface area contributed by atoms with E-state index in [9.17, 15) is 18.4 Å². The van der Waals surface area contributed by atoms with Crippen molar-refractivity contribution in [3.63, 3.8) is 0 Å². The molecular formula is C28H36F2N4O4. The first-order valence-corrected chi connectivity index (χ1v) is 12.9. The number of hydrogen-bond donors (Lipinski definition) is 3. The highest BCUT2D eigenvalue weighted by Gasteiger charge is 2.34. The molecule has 38 heavy (non-hydrogen) atoms. The molecule has 1 saturated heterocycles. The highest BCUT2D eigenvalue weighted by molar-refractivity contribution is 6.08. The van der Waals surface area contributed by atoms with Crippen LogP contribution in [0.3, 0.4) is 0 Å². The number of para-hydroxylation sites is 1. The average Bonchev–Trinajstić information content (AvgIpc) is 3.19. The van der Waals surface area contributed by atoms with Gasteiger partial charge in [-0.2, -0.15) is 0 Å². The Hall–Kier alpha value is -3.24. The van der Waals surface area contributed by atoms with Crippen LogP contribution in [-0.2, 0) is 6.54 Å². The van der Waals surface area contributed by atoms with Crippen LogP contribution in [0, 0.1) is 19.8 Å². The van der Waals surface area contributed by atoms with E-state index in [0.717, 1.165) is 29.4 Å².